The van der Waals surface area contributed by atoms with E-state index in [0.29, 0.717) is 0 Å². The molecule has 0 spiro atoms. The van der Waals surface area contributed by atoms with Gasteiger partial charge in [-0.2, -0.15) is 10.1 Å². The lowest BCUT2D eigenvalue weighted by Crippen LogP contribution is -2.29. The van der Waals surface area contributed by atoms with E-state index in [2.05, 4.69) is 14.7 Å². The summed E-state index contributed by atoms with van der Waals surface area (Å²) in [6.07, 6.45) is 0. The maximum atomic E-state index is 10.4. The van der Waals surface area contributed by atoms with Gasteiger partial charge >= 0.3 is 5.69 Å². The number of H-pyrrole nitrogens is 1. The standard InChI is InChI=1S/C5H9N3O2/c1-5(2,6)3-7-4(9)8-10-3/h6H2,1-2H3,(H,8,9). The Hall–Kier alpha value is -1.10. The molecule has 1 rings (SSSR count). The first kappa shape index (κ1) is 7.01. The maximum absolute atomic E-state index is 10.4. The van der Waals surface area contributed by atoms with Crippen LogP contribution < -0.4 is 11.4 Å². The highest BCUT2D eigenvalue weighted by molar-refractivity contribution is 4.92. The van der Waals surface area contributed by atoms with Gasteiger partial charge in [-0.1, -0.05) is 0 Å². The van der Waals surface area contributed by atoms with E-state index in [1.165, 1.54) is 0 Å². The normalized spacial score (nSPS) is 11.9. The maximum Gasteiger partial charge on any atom is 0.377 e. The molecule has 0 radical (unpaired) electrons. The highest BCUT2D eigenvalue weighted by atomic mass is 16.5. The quantitative estimate of drug-likeness (QED) is 0.558. The van der Waals surface area contributed by atoms with Gasteiger partial charge in [0.2, 0.25) is 5.89 Å². The van der Waals surface area contributed by atoms with Crippen molar-refractivity contribution in [3.8, 4) is 0 Å². The fourth-order valence-corrected chi connectivity index (χ4v) is 0.505. The third-order valence-electron chi connectivity index (χ3n) is 0.989. The van der Waals surface area contributed by atoms with E-state index in [0.717, 1.165) is 0 Å². The molecule has 0 aliphatic rings. The van der Waals surface area contributed by atoms with Crippen molar-refractivity contribution in [2.24, 2.45) is 5.73 Å². The van der Waals surface area contributed by atoms with Crippen molar-refractivity contribution >= 4 is 0 Å². The summed E-state index contributed by atoms with van der Waals surface area (Å²) in [6.45, 7) is 3.40. The summed E-state index contributed by atoms with van der Waals surface area (Å²) in [4.78, 5) is 13.9. The molecular formula is C5H9N3O2. The molecule has 1 aromatic heterocycles. The Morgan fingerprint density at radius 2 is 2.30 bits per heavy atom. The highest BCUT2D eigenvalue weighted by Gasteiger charge is 2.20. The fourth-order valence-electron chi connectivity index (χ4n) is 0.505. The van der Waals surface area contributed by atoms with Gasteiger partial charge in [-0.05, 0) is 13.8 Å². The van der Waals surface area contributed by atoms with Gasteiger partial charge in [0.05, 0.1) is 5.54 Å². The highest BCUT2D eigenvalue weighted by Crippen LogP contribution is 2.09. The van der Waals surface area contributed by atoms with Crippen molar-refractivity contribution in [1.82, 2.24) is 10.1 Å². The fraction of sp³-hybridized carbons (Fsp3) is 0.600. The van der Waals surface area contributed by atoms with Crippen LogP contribution in [0.25, 0.3) is 0 Å². The number of nitrogens with zero attached hydrogens (tertiary/aromatic N) is 1. The molecule has 5 nitrogen and oxygen atoms in total. The van der Waals surface area contributed by atoms with Gasteiger partial charge in [0, 0.05) is 0 Å². The van der Waals surface area contributed by atoms with Crippen LogP contribution in [0.3, 0.4) is 0 Å². The summed E-state index contributed by atoms with van der Waals surface area (Å²) in [5, 5.41) is 2.05. The van der Waals surface area contributed by atoms with Crippen LogP contribution in [0.1, 0.15) is 19.7 Å². The molecule has 0 fully saturated rings. The Balaban J connectivity index is 3.07. The Morgan fingerprint density at radius 1 is 1.70 bits per heavy atom. The van der Waals surface area contributed by atoms with E-state index in [1.54, 1.807) is 13.8 Å². The Labute approximate surface area is 57.2 Å². The average molecular weight is 143 g/mol. The molecule has 5 heteroatoms. The molecule has 0 bridgehead atoms. The van der Waals surface area contributed by atoms with Gasteiger partial charge in [-0.3, -0.25) is 0 Å². The number of nitrogens with two attached hydrogens (primary N) is 1. The molecule has 0 unspecified atom stereocenters. The molecule has 1 aromatic rings. The predicted molar refractivity (Wildman–Crippen MR) is 34.3 cm³/mol. The van der Waals surface area contributed by atoms with E-state index < -0.39 is 11.2 Å². The Morgan fingerprint density at radius 3 is 2.50 bits per heavy atom. The number of aromatic nitrogens is 2. The van der Waals surface area contributed by atoms with Gasteiger partial charge in [-0.15, -0.1) is 0 Å². The van der Waals surface area contributed by atoms with Crippen LogP contribution in [0, 0.1) is 0 Å². The number of hydrogen-bond donors (Lipinski definition) is 2. The van der Waals surface area contributed by atoms with Gasteiger partial charge in [0.25, 0.3) is 0 Å². The van der Waals surface area contributed by atoms with E-state index in [1.807, 2.05) is 0 Å². The Bertz CT molecular complexity index is 267. The number of rotatable bonds is 1. The van der Waals surface area contributed by atoms with Crippen molar-refractivity contribution < 1.29 is 4.52 Å². The summed E-state index contributed by atoms with van der Waals surface area (Å²) in [7, 11) is 0. The second kappa shape index (κ2) is 1.95. The monoisotopic (exact) mass is 143 g/mol. The van der Waals surface area contributed by atoms with E-state index in [-0.39, 0.29) is 5.89 Å². The molecule has 0 atom stereocenters. The number of hydrogen-bond acceptors (Lipinski definition) is 4. The first-order chi connectivity index (χ1) is 4.50. The lowest BCUT2D eigenvalue weighted by molar-refractivity contribution is 0.310. The molecule has 0 saturated carbocycles. The van der Waals surface area contributed by atoms with Gasteiger partial charge in [0.15, 0.2) is 0 Å². The van der Waals surface area contributed by atoms with E-state index in [9.17, 15) is 4.79 Å². The van der Waals surface area contributed by atoms with Crippen LogP contribution in [0.15, 0.2) is 9.32 Å². The lowest BCUT2D eigenvalue weighted by atomic mass is 10.1. The summed E-state index contributed by atoms with van der Waals surface area (Å²) in [5.74, 6) is 0.220. The van der Waals surface area contributed by atoms with Crippen LogP contribution in [0.4, 0.5) is 0 Å². The van der Waals surface area contributed by atoms with E-state index in [4.69, 9.17) is 5.73 Å². The average Bonchev–Trinajstić information content (AvgIpc) is 2.11. The molecule has 0 aromatic carbocycles. The van der Waals surface area contributed by atoms with Gasteiger partial charge < -0.3 is 10.3 Å². The van der Waals surface area contributed by atoms with Crippen LogP contribution >= 0.6 is 0 Å². The van der Waals surface area contributed by atoms with Crippen molar-refractivity contribution in [1.29, 1.82) is 0 Å². The molecule has 10 heavy (non-hydrogen) atoms. The molecular weight excluding hydrogens is 134 g/mol. The molecule has 0 saturated heterocycles. The van der Waals surface area contributed by atoms with Crippen molar-refractivity contribution in [2.45, 2.75) is 19.4 Å². The lowest BCUT2D eigenvalue weighted by Gasteiger charge is -2.10. The van der Waals surface area contributed by atoms with Crippen LogP contribution in [-0.2, 0) is 5.54 Å². The van der Waals surface area contributed by atoms with Crippen LogP contribution in [0.5, 0.6) is 0 Å². The minimum absolute atomic E-state index is 0.220. The SMILES string of the molecule is CC(C)(N)c1nc(=O)[nH]o1. The molecule has 0 aliphatic carbocycles. The summed E-state index contributed by atoms with van der Waals surface area (Å²) in [6, 6.07) is 0. The van der Waals surface area contributed by atoms with Gasteiger partial charge in [-0.25, -0.2) is 4.79 Å². The molecule has 0 aliphatic heterocycles. The molecule has 56 valence electrons. The van der Waals surface area contributed by atoms with Crippen molar-refractivity contribution in [3.05, 3.63) is 16.4 Å². The first-order valence-corrected chi connectivity index (χ1v) is 2.85. The van der Waals surface area contributed by atoms with Crippen LogP contribution in [0.2, 0.25) is 0 Å². The summed E-state index contributed by atoms with van der Waals surface area (Å²) >= 11 is 0. The van der Waals surface area contributed by atoms with Gasteiger partial charge in [0.1, 0.15) is 0 Å². The largest absolute Gasteiger partial charge is 0.377 e. The van der Waals surface area contributed by atoms with Crippen molar-refractivity contribution in [2.75, 3.05) is 0 Å². The molecule has 0 amide bonds. The number of aromatic amines is 1. The minimum Gasteiger partial charge on any atom is -0.360 e. The van der Waals surface area contributed by atoms with E-state index >= 15 is 0 Å². The third-order valence-corrected chi connectivity index (χ3v) is 0.989. The topological polar surface area (TPSA) is 84.9 Å². The zero-order chi connectivity index (χ0) is 7.78. The van der Waals surface area contributed by atoms with Crippen molar-refractivity contribution in [3.63, 3.8) is 0 Å². The summed E-state index contributed by atoms with van der Waals surface area (Å²) < 4.78 is 4.66. The smallest absolute Gasteiger partial charge is 0.360 e. The minimum atomic E-state index is -0.695. The predicted octanol–water partition coefficient (Wildman–Crippen LogP) is -0.443. The zero-order valence-electron chi connectivity index (χ0n) is 5.84. The van der Waals surface area contributed by atoms with Crippen LogP contribution in [-0.4, -0.2) is 10.1 Å². The Kier molecular flexibility index (Phi) is 1.37. The first-order valence-electron chi connectivity index (χ1n) is 2.85. The second-order valence-corrected chi connectivity index (χ2v) is 2.65. The molecule has 1 heterocycles. The summed E-state index contributed by atoms with van der Waals surface area (Å²) in [5.41, 5.74) is 4.35. The molecule has 3 N–H and O–H groups in total. The third kappa shape index (κ3) is 1.24. The zero-order valence-corrected chi connectivity index (χ0v) is 5.84. The number of nitrogens with one attached hydrogen (secondary N) is 1. The second-order valence-electron chi connectivity index (χ2n) is 2.65.